The summed E-state index contributed by atoms with van der Waals surface area (Å²) in [5.74, 6) is 0.442. The number of para-hydroxylation sites is 1. The number of amides is 1. The van der Waals surface area contributed by atoms with Gasteiger partial charge in [-0.3, -0.25) is 4.79 Å². The molecule has 0 bridgehead atoms. The Bertz CT molecular complexity index is 1240. The van der Waals surface area contributed by atoms with Gasteiger partial charge in [-0.15, -0.1) is 0 Å². The van der Waals surface area contributed by atoms with Crippen LogP contribution in [0.3, 0.4) is 0 Å². The lowest BCUT2D eigenvalue weighted by atomic mass is 10.1. The Labute approximate surface area is 173 Å². The van der Waals surface area contributed by atoms with Crippen molar-refractivity contribution in [1.82, 2.24) is 9.97 Å². The van der Waals surface area contributed by atoms with Crippen LogP contribution in [0.2, 0.25) is 0 Å². The molecule has 0 aliphatic heterocycles. The van der Waals surface area contributed by atoms with E-state index in [0.29, 0.717) is 34.8 Å². The zero-order chi connectivity index (χ0) is 20.9. The molecule has 4 rings (SSSR count). The molecule has 3 aromatic carbocycles. The van der Waals surface area contributed by atoms with Gasteiger partial charge in [0, 0.05) is 23.5 Å². The number of aromatic nitrogens is 2. The molecular weight excluding hydrogens is 376 g/mol. The molecule has 5 N–H and O–H groups in total. The minimum absolute atomic E-state index is 0.196. The molecule has 1 heterocycles. The first-order valence-electron chi connectivity index (χ1n) is 9.51. The lowest BCUT2D eigenvalue weighted by Crippen LogP contribution is -2.12. The number of benzene rings is 3. The number of fused-ring (bicyclic) bond motifs is 1. The largest absolute Gasteiger partial charge is 0.399 e. The van der Waals surface area contributed by atoms with Crippen LogP contribution in [-0.2, 0) is 6.42 Å². The Morgan fingerprint density at radius 1 is 1.10 bits per heavy atom. The summed E-state index contributed by atoms with van der Waals surface area (Å²) in [5.41, 5.74) is 10.7. The third-order valence-corrected chi connectivity index (χ3v) is 4.70. The smallest absolute Gasteiger partial charge is 0.255 e. The van der Waals surface area contributed by atoms with E-state index in [-0.39, 0.29) is 5.91 Å². The van der Waals surface area contributed by atoms with Gasteiger partial charge in [0.15, 0.2) is 0 Å². The van der Waals surface area contributed by atoms with E-state index in [1.54, 1.807) is 30.3 Å². The molecule has 0 atom stereocenters. The summed E-state index contributed by atoms with van der Waals surface area (Å²) >= 11 is 0. The van der Waals surface area contributed by atoms with Gasteiger partial charge in [0.05, 0.1) is 11.1 Å². The number of hydrogen-bond donors (Lipinski definition) is 4. The predicted molar refractivity (Wildman–Crippen MR) is 118 cm³/mol. The number of rotatable bonds is 6. The molecule has 7 heteroatoms. The van der Waals surface area contributed by atoms with Gasteiger partial charge in [-0.25, -0.2) is 4.98 Å². The van der Waals surface area contributed by atoms with Gasteiger partial charge in [-0.1, -0.05) is 24.3 Å². The fourth-order valence-corrected chi connectivity index (χ4v) is 3.17. The fourth-order valence-electron chi connectivity index (χ4n) is 3.17. The lowest BCUT2D eigenvalue weighted by Gasteiger charge is -2.08. The summed E-state index contributed by atoms with van der Waals surface area (Å²) in [6.45, 7) is 0.677. The molecule has 1 aromatic heterocycles. The average Bonchev–Trinajstić information content (AvgIpc) is 3.18. The number of nitrogen functional groups attached to an aromatic ring is 1. The summed E-state index contributed by atoms with van der Waals surface area (Å²) in [5, 5.41) is 15.3. The van der Waals surface area contributed by atoms with Gasteiger partial charge in [0.2, 0.25) is 5.95 Å². The number of aromatic amines is 1. The minimum atomic E-state index is -0.196. The van der Waals surface area contributed by atoms with Gasteiger partial charge in [0.1, 0.15) is 11.6 Å². The summed E-state index contributed by atoms with van der Waals surface area (Å²) in [7, 11) is 0. The first-order chi connectivity index (χ1) is 14.6. The van der Waals surface area contributed by atoms with Crippen molar-refractivity contribution >= 4 is 34.3 Å². The van der Waals surface area contributed by atoms with Crippen LogP contribution in [0.5, 0.6) is 0 Å². The van der Waals surface area contributed by atoms with Gasteiger partial charge in [0.25, 0.3) is 5.91 Å². The number of hydrogen-bond acceptors (Lipinski definition) is 5. The zero-order valence-corrected chi connectivity index (χ0v) is 16.1. The highest BCUT2D eigenvalue weighted by atomic mass is 16.1. The third-order valence-electron chi connectivity index (χ3n) is 4.70. The molecule has 0 saturated carbocycles. The number of nitriles is 1. The Kier molecular flexibility index (Phi) is 5.31. The number of nitrogens with zero attached hydrogens (tertiary/aromatic N) is 2. The maximum atomic E-state index is 12.3. The summed E-state index contributed by atoms with van der Waals surface area (Å²) in [6.07, 6.45) is 0.783. The zero-order valence-electron chi connectivity index (χ0n) is 16.1. The Hall–Kier alpha value is -4.31. The minimum Gasteiger partial charge on any atom is -0.399 e. The van der Waals surface area contributed by atoms with Crippen molar-refractivity contribution in [2.45, 2.75) is 6.42 Å². The van der Waals surface area contributed by atoms with E-state index in [9.17, 15) is 4.79 Å². The average molecular weight is 396 g/mol. The number of imidazole rings is 1. The van der Waals surface area contributed by atoms with Crippen LogP contribution in [0.1, 0.15) is 21.5 Å². The molecule has 4 aromatic rings. The number of carbonyl (C=O) groups is 1. The second-order valence-electron chi connectivity index (χ2n) is 6.85. The van der Waals surface area contributed by atoms with Crippen molar-refractivity contribution in [2.24, 2.45) is 0 Å². The topological polar surface area (TPSA) is 120 Å². The molecule has 0 unspecified atom stereocenters. The molecule has 0 aliphatic carbocycles. The van der Waals surface area contributed by atoms with Crippen molar-refractivity contribution in [1.29, 1.82) is 5.26 Å². The quantitative estimate of drug-likeness (QED) is 0.368. The highest BCUT2D eigenvalue weighted by Gasteiger charge is 2.08. The Morgan fingerprint density at radius 3 is 2.67 bits per heavy atom. The highest BCUT2D eigenvalue weighted by Crippen LogP contribution is 2.18. The molecule has 1 amide bonds. The van der Waals surface area contributed by atoms with Crippen LogP contribution >= 0.6 is 0 Å². The summed E-state index contributed by atoms with van der Waals surface area (Å²) < 4.78 is 0. The predicted octanol–water partition coefficient (Wildman–Crippen LogP) is 3.92. The summed E-state index contributed by atoms with van der Waals surface area (Å²) in [6, 6.07) is 22.2. The molecular formula is C23H20N6O. The Morgan fingerprint density at radius 2 is 1.90 bits per heavy atom. The monoisotopic (exact) mass is 396 g/mol. The van der Waals surface area contributed by atoms with Crippen LogP contribution in [0.4, 0.5) is 17.3 Å². The first-order valence-corrected chi connectivity index (χ1v) is 9.51. The molecule has 7 nitrogen and oxygen atoms in total. The number of nitrogens with two attached hydrogens (primary N) is 1. The maximum Gasteiger partial charge on any atom is 0.255 e. The van der Waals surface area contributed by atoms with E-state index >= 15 is 0 Å². The van der Waals surface area contributed by atoms with Crippen molar-refractivity contribution in [3.05, 3.63) is 83.4 Å². The SMILES string of the molecule is N#Cc1cccc2[nH]c(NCCc3ccc(NC(=O)c4cccc(N)c4)cc3)nc12. The lowest BCUT2D eigenvalue weighted by molar-refractivity contribution is 0.102. The number of carbonyl (C=O) groups excluding carboxylic acids is 1. The van der Waals surface area contributed by atoms with Gasteiger partial charge >= 0.3 is 0 Å². The standard InChI is InChI=1S/C23H20N6O/c24-14-17-4-2-6-20-21(17)29-23(28-20)26-12-11-15-7-9-19(10-8-15)27-22(30)16-3-1-5-18(25)13-16/h1-10,13H,11-12,25H2,(H,27,30)(H2,26,28,29). The Balaban J connectivity index is 1.33. The maximum absolute atomic E-state index is 12.3. The van der Waals surface area contributed by atoms with Crippen LogP contribution in [0.25, 0.3) is 11.0 Å². The molecule has 0 spiro atoms. The third kappa shape index (κ3) is 4.23. The van der Waals surface area contributed by atoms with Crippen LogP contribution in [0, 0.1) is 11.3 Å². The van der Waals surface area contributed by atoms with Crippen LogP contribution in [-0.4, -0.2) is 22.4 Å². The van der Waals surface area contributed by atoms with Crippen molar-refractivity contribution < 1.29 is 4.79 Å². The number of nitrogens with one attached hydrogen (secondary N) is 3. The molecule has 148 valence electrons. The van der Waals surface area contributed by atoms with E-state index in [1.807, 2.05) is 36.4 Å². The normalized spacial score (nSPS) is 10.5. The van der Waals surface area contributed by atoms with E-state index in [1.165, 1.54) is 0 Å². The highest BCUT2D eigenvalue weighted by molar-refractivity contribution is 6.04. The number of anilines is 3. The van der Waals surface area contributed by atoms with E-state index in [2.05, 4.69) is 26.7 Å². The second-order valence-corrected chi connectivity index (χ2v) is 6.85. The van der Waals surface area contributed by atoms with Crippen LogP contribution in [0.15, 0.2) is 66.7 Å². The van der Waals surface area contributed by atoms with Crippen molar-refractivity contribution in [3.8, 4) is 6.07 Å². The first kappa shape index (κ1) is 19.0. The van der Waals surface area contributed by atoms with Crippen molar-refractivity contribution in [2.75, 3.05) is 22.9 Å². The molecule has 30 heavy (non-hydrogen) atoms. The van der Waals surface area contributed by atoms with Gasteiger partial charge in [-0.2, -0.15) is 5.26 Å². The van der Waals surface area contributed by atoms with E-state index < -0.39 is 0 Å². The fraction of sp³-hybridized carbons (Fsp3) is 0.0870. The molecule has 0 aliphatic rings. The second kappa shape index (κ2) is 8.37. The summed E-state index contributed by atoms with van der Waals surface area (Å²) in [4.78, 5) is 19.9. The molecule has 0 radical (unpaired) electrons. The number of H-pyrrole nitrogens is 1. The van der Waals surface area contributed by atoms with Crippen LogP contribution < -0.4 is 16.4 Å². The molecule has 0 fully saturated rings. The van der Waals surface area contributed by atoms with E-state index in [4.69, 9.17) is 11.0 Å². The molecule has 0 saturated heterocycles. The van der Waals surface area contributed by atoms with Gasteiger partial charge < -0.3 is 21.4 Å². The van der Waals surface area contributed by atoms with Crippen molar-refractivity contribution in [3.63, 3.8) is 0 Å². The van der Waals surface area contributed by atoms with E-state index in [0.717, 1.165) is 23.2 Å². The van der Waals surface area contributed by atoms with Gasteiger partial charge in [-0.05, 0) is 54.4 Å².